The number of hydrogen-bond donors (Lipinski definition) is 1. The molecule has 1 aliphatic heterocycles. The molecule has 1 aliphatic carbocycles. The van der Waals surface area contributed by atoms with Crippen LogP contribution in [0, 0.1) is 12.3 Å². The molecule has 1 heterocycles. The van der Waals surface area contributed by atoms with E-state index in [2.05, 4.69) is 5.32 Å². The van der Waals surface area contributed by atoms with Crippen LogP contribution in [0.4, 0.5) is 0 Å². The Balaban J connectivity index is 1.74. The third-order valence-corrected chi connectivity index (χ3v) is 2.94. The molecule has 0 aromatic carbocycles. The summed E-state index contributed by atoms with van der Waals surface area (Å²) < 4.78 is 5.14. The summed E-state index contributed by atoms with van der Waals surface area (Å²) in [5.41, 5.74) is 0. The van der Waals surface area contributed by atoms with Crippen molar-refractivity contribution in [1.29, 1.82) is 0 Å². The number of hydrogen-bond acceptors (Lipinski definition) is 3. The standard InChI is InChI=1S/C11H16NO3/c1-7-11(9(13)6-15-7)12-10(14)5-4-8-2-3-8/h5,7-8,11H,2-4,6H2,1H3,(H,12,14)/t7-,11+/m1/s1. The van der Waals surface area contributed by atoms with Gasteiger partial charge < -0.3 is 10.1 Å². The summed E-state index contributed by atoms with van der Waals surface area (Å²) in [5.74, 6) is 0.525. The van der Waals surface area contributed by atoms with E-state index in [0.29, 0.717) is 5.92 Å². The zero-order valence-electron chi connectivity index (χ0n) is 8.86. The Morgan fingerprint density at radius 2 is 2.33 bits per heavy atom. The van der Waals surface area contributed by atoms with Crippen molar-refractivity contribution in [3.8, 4) is 0 Å². The van der Waals surface area contributed by atoms with Crippen molar-refractivity contribution in [2.24, 2.45) is 5.92 Å². The molecular weight excluding hydrogens is 194 g/mol. The van der Waals surface area contributed by atoms with Crippen molar-refractivity contribution in [2.45, 2.75) is 38.3 Å². The third kappa shape index (κ3) is 2.78. The van der Waals surface area contributed by atoms with Crippen LogP contribution in [0.1, 0.15) is 26.2 Å². The van der Waals surface area contributed by atoms with Crippen LogP contribution in [0.15, 0.2) is 0 Å². The Morgan fingerprint density at radius 1 is 1.60 bits per heavy atom. The number of carbonyl (C=O) groups is 2. The van der Waals surface area contributed by atoms with E-state index in [-0.39, 0.29) is 24.4 Å². The summed E-state index contributed by atoms with van der Waals surface area (Å²) >= 11 is 0. The monoisotopic (exact) mass is 210 g/mol. The highest BCUT2D eigenvalue weighted by Crippen LogP contribution is 2.33. The quantitative estimate of drug-likeness (QED) is 0.733. The lowest BCUT2D eigenvalue weighted by Crippen LogP contribution is -2.43. The first kappa shape index (κ1) is 10.6. The van der Waals surface area contributed by atoms with Gasteiger partial charge in [0.05, 0.1) is 6.10 Å². The van der Waals surface area contributed by atoms with Crippen molar-refractivity contribution in [3.05, 3.63) is 6.42 Å². The lowest BCUT2D eigenvalue weighted by Gasteiger charge is -2.14. The van der Waals surface area contributed by atoms with Crippen molar-refractivity contribution < 1.29 is 14.3 Å². The Bertz CT molecular complexity index is 273. The zero-order valence-corrected chi connectivity index (χ0v) is 8.86. The summed E-state index contributed by atoms with van der Waals surface area (Å²) in [6.07, 6.45) is 4.74. The van der Waals surface area contributed by atoms with Crippen LogP contribution in [0.25, 0.3) is 0 Å². The van der Waals surface area contributed by atoms with Crippen molar-refractivity contribution in [2.75, 3.05) is 6.61 Å². The van der Waals surface area contributed by atoms with E-state index in [1.807, 2.05) is 0 Å². The van der Waals surface area contributed by atoms with Gasteiger partial charge in [-0.1, -0.05) is 12.8 Å². The van der Waals surface area contributed by atoms with Gasteiger partial charge in [0.15, 0.2) is 5.78 Å². The minimum absolute atomic E-state index is 0.0318. The maximum atomic E-state index is 11.4. The van der Waals surface area contributed by atoms with Crippen LogP contribution < -0.4 is 5.32 Å². The third-order valence-electron chi connectivity index (χ3n) is 2.94. The Morgan fingerprint density at radius 3 is 2.87 bits per heavy atom. The molecule has 4 nitrogen and oxygen atoms in total. The number of rotatable bonds is 4. The molecule has 1 N–H and O–H groups in total. The van der Waals surface area contributed by atoms with Gasteiger partial charge in [0.1, 0.15) is 12.6 Å². The molecule has 1 saturated carbocycles. The smallest absolute Gasteiger partial charge is 0.224 e. The molecule has 1 radical (unpaired) electrons. The van der Waals surface area contributed by atoms with E-state index in [0.717, 1.165) is 6.42 Å². The lowest BCUT2D eigenvalue weighted by atomic mass is 10.1. The van der Waals surface area contributed by atoms with Crippen molar-refractivity contribution in [3.63, 3.8) is 0 Å². The average Bonchev–Trinajstić information content (AvgIpc) is 2.98. The summed E-state index contributed by atoms with van der Waals surface area (Å²) in [5, 5.41) is 2.69. The number of amides is 1. The van der Waals surface area contributed by atoms with Gasteiger partial charge in [0, 0.05) is 6.42 Å². The highest BCUT2D eigenvalue weighted by molar-refractivity contribution is 5.94. The minimum atomic E-state index is -0.451. The van der Waals surface area contributed by atoms with Crippen molar-refractivity contribution in [1.82, 2.24) is 5.32 Å². The molecule has 2 fully saturated rings. The summed E-state index contributed by atoms with van der Waals surface area (Å²) in [7, 11) is 0. The highest BCUT2D eigenvalue weighted by Gasteiger charge is 2.34. The predicted octanol–water partition coefficient (Wildman–Crippen LogP) is 0.463. The fraction of sp³-hybridized carbons (Fsp3) is 0.727. The van der Waals surface area contributed by atoms with Crippen LogP contribution in [0.2, 0.25) is 0 Å². The second-order valence-corrected chi connectivity index (χ2v) is 4.35. The normalized spacial score (nSPS) is 30.6. The number of nitrogens with one attached hydrogen (secondary N) is 1. The van der Waals surface area contributed by atoms with Crippen LogP contribution in [0.5, 0.6) is 0 Å². The summed E-state index contributed by atoms with van der Waals surface area (Å²) in [4.78, 5) is 22.8. The number of ether oxygens (including phenoxy) is 1. The van der Waals surface area contributed by atoms with Gasteiger partial charge >= 0.3 is 0 Å². The van der Waals surface area contributed by atoms with Gasteiger partial charge in [-0.3, -0.25) is 9.59 Å². The molecule has 4 heteroatoms. The van der Waals surface area contributed by atoms with E-state index >= 15 is 0 Å². The second-order valence-electron chi connectivity index (χ2n) is 4.35. The number of carbonyl (C=O) groups excluding carboxylic acids is 2. The fourth-order valence-corrected chi connectivity index (χ4v) is 1.70. The SMILES string of the molecule is C[C@H]1OCC(=O)[C@H]1NC(=O)[CH]CC1CC1. The maximum absolute atomic E-state index is 11.4. The molecule has 0 aromatic rings. The van der Waals surface area contributed by atoms with Gasteiger partial charge in [-0.25, -0.2) is 0 Å². The molecule has 2 rings (SSSR count). The molecule has 15 heavy (non-hydrogen) atoms. The largest absolute Gasteiger partial charge is 0.368 e. The maximum Gasteiger partial charge on any atom is 0.224 e. The van der Waals surface area contributed by atoms with E-state index in [4.69, 9.17) is 4.74 Å². The van der Waals surface area contributed by atoms with E-state index in [1.54, 1.807) is 13.3 Å². The van der Waals surface area contributed by atoms with E-state index in [1.165, 1.54) is 12.8 Å². The minimum Gasteiger partial charge on any atom is -0.368 e. The molecule has 2 atom stereocenters. The predicted molar refractivity (Wildman–Crippen MR) is 54.0 cm³/mol. The molecule has 2 aliphatic rings. The molecule has 0 spiro atoms. The molecular formula is C11H16NO3. The van der Waals surface area contributed by atoms with Crippen molar-refractivity contribution >= 4 is 11.7 Å². The molecule has 0 unspecified atom stereocenters. The zero-order chi connectivity index (χ0) is 10.8. The van der Waals surface area contributed by atoms with Crippen LogP contribution >= 0.6 is 0 Å². The summed E-state index contributed by atoms with van der Waals surface area (Å²) in [6.45, 7) is 1.92. The average molecular weight is 210 g/mol. The van der Waals surface area contributed by atoms with Gasteiger partial charge in [-0.2, -0.15) is 0 Å². The van der Waals surface area contributed by atoms with Crippen LogP contribution in [-0.2, 0) is 14.3 Å². The van der Waals surface area contributed by atoms with Crippen LogP contribution in [-0.4, -0.2) is 30.4 Å². The van der Waals surface area contributed by atoms with E-state index in [9.17, 15) is 9.59 Å². The molecule has 1 saturated heterocycles. The topological polar surface area (TPSA) is 55.4 Å². The molecule has 0 aromatic heterocycles. The first-order valence-corrected chi connectivity index (χ1v) is 5.45. The van der Waals surface area contributed by atoms with Gasteiger partial charge in [0.2, 0.25) is 5.91 Å². The van der Waals surface area contributed by atoms with Gasteiger partial charge in [0.25, 0.3) is 0 Å². The first-order valence-electron chi connectivity index (χ1n) is 5.45. The second kappa shape index (κ2) is 4.31. The van der Waals surface area contributed by atoms with E-state index < -0.39 is 6.04 Å². The Hall–Kier alpha value is -0.900. The van der Waals surface area contributed by atoms with Gasteiger partial charge in [-0.15, -0.1) is 0 Å². The molecule has 83 valence electrons. The molecule has 1 amide bonds. The highest BCUT2D eigenvalue weighted by atomic mass is 16.5. The number of ketones is 1. The number of Topliss-reactive ketones (excluding diaryl/α,β-unsaturated/α-hetero) is 1. The van der Waals surface area contributed by atoms with Gasteiger partial charge in [-0.05, 0) is 19.3 Å². The molecule has 0 bridgehead atoms. The fourth-order valence-electron chi connectivity index (χ4n) is 1.70. The first-order chi connectivity index (χ1) is 7.16. The van der Waals surface area contributed by atoms with Crippen LogP contribution in [0.3, 0.4) is 0 Å². The lowest BCUT2D eigenvalue weighted by molar-refractivity contribution is -0.124. The Labute approximate surface area is 89.4 Å². The Kier molecular flexibility index (Phi) is 3.05. The summed E-state index contributed by atoms with van der Waals surface area (Å²) in [6, 6.07) is -0.451.